The Morgan fingerprint density at radius 1 is 0.931 bits per heavy atom. The van der Waals surface area contributed by atoms with Crippen molar-refractivity contribution in [1.82, 2.24) is 4.72 Å². The molecule has 0 bridgehead atoms. The summed E-state index contributed by atoms with van der Waals surface area (Å²) in [7, 11) is -3.79. The van der Waals surface area contributed by atoms with Crippen LogP contribution in [0, 0.1) is 5.82 Å². The number of carbonyl (C=O) groups is 2. The highest BCUT2D eigenvalue weighted by atomic mass is 32.2. The molecule has 3 aromatic rings. The number of esters is 1. The summed E-state index contributed by atoms with van der Waals surface area (Å²) in [5.41, 5.74) is 0.0924. The number of rotatable bonds is 8. The van der Waals surface area contributed by atoms with Crippen LogP contribution in [0.2, 0.25) is 0 Å². The van der Waals surface area contributed by atoms with Gasteiger partial charge in [0.1, 0.15) is 5.82 Å². The van der Waals surface area contributed by atoms with E-state index in [1.807, 2.05) is 18.2 Å². The predicted molar refractivity (Wildman–Crippen MR) is 105 cm³/mol. The van der Waals surface area contributed by atoms with Crippen LogP contribution in [-0.2, 0) is 19.6 Å². The molecule has 0 saturated heterocycles. The molecule has 1 N–H and O–H groups in total. The highest BCUT2D eigenvalue weighted by Crippen LogP contribution is 2.18. The molecule has 3 rings (SSSR count). The number of benzene rings is 3. The molecule has 0 spiro atoms. The first kappa shape index (κ1) is 20.6. The number of ketones is 1. The van der Waals surface area contributed by atoms with Gasteiger partial charge in [-0.15, -0.1) is 0 Å². The Kier molecular flexibility index (Phi) is 6.36. The Morgan fingerprint density at radius 2 is 1.69 bits per heavy atom. The maximum Gasteiger partial charge on any atom is 0.307 e. The lowest BCUT2D eigenvalue weighted by Gasteiger charge is -2.08. The van der Waals surface area contributed by atoms with Crippen molar-refractivity contribution >= 4 is 32.5 Å². The molecule has 0 unspecified atom stereocenters. The second-order valence-electron chi connectivity index (χ2n) is 6.25. The fourth-order valence-electron chi connectivity index (χ4n) is 2.67. The van der Waals surface area contributed by atoms with E-state index >= 15 is 0 Å². The van der Waals surface area contributed by atoms with Crippen molar-refractivity contribution < 1.29 is 27.1 Å². The van der Waals surface area contributed by atoms with Gasteiger partial charge in [0.05, 0.1) is 11.3 Å². The summed E-state index contributed by atoms with van der Waals surface area (Å²) in [6.45, 7) is -0.720. The number of sulfonamides is 1. The number of carbonyl (C=O) groups excluding carboxylic acids is 2. The Labute approximate surface area is 167 Å². The van der Waals surface area contributed by atoms with E-state index in [2.05, 4.69) is 4.72 Å². The summed E-state index contributed by atoms with van der Waals surface area (Å²) >= 11 is 0. The molecular weight excluding hydrogens is 397 g/mol. The molecule has 0 aromatic heterocycles. The Bertz CT molecular complexity index is 1160. The molecule has 0 fully saturated rings. The van der Waals surface area contributed by atoms with Crippen LogP contribution in [-0.4, -0.2) is 33.3 Å². The largest absolute Gasteiger partial charge is 0.457 e. The molecule has 0 amide bonds. The Morgan fingerprint density at radius 3 is 2.45 bits per heavy atom. The van der Waals surface area contributed by atoms with Crippen LogP contribution in [0.25, 0.3) is 10.8 Å². The van der Waals surface area contributed by atoms with E-state index in [9.17, 15) is 22.4 Å². The zero-order valence-corrected chi connectivity index (χ0v) is 16.1. The number of hydrogen-bond acceptors (Lipinski definition) is 5. The summed E-state index contributed by atoms with van der Waals surface area (Å²) in [4.78, 5) is 23.7. The number of fused-ring (bicyclic) bond motifs is 1. The van der Waals surface area contributed by atoms with Gasteiger partial charge >= 0.3 is 5.97 Å². The van der Waals surface area contributed by atoms with E-state index in [1.165, 1.54) is 24.3 Å². The minimum Gasteiger partial charge on any atom is -0.457 e. The van der Waals surface area contributed by atoms with Crippen molar-refractivity contribution in [2.75, 3.05) is 13.2 Å². The van der Waals surface area contributed by atoms with Crippen molar-refractivity contribution in [1.29, 1.82) is 0 Å². The zero-order chi connectivity index (χ0) is 20.9. The first-order chi connectivity index (χ1) is 13.8. The average molecular weight is 415 g/mol. The average Bonchev–Trinajstić information content (AvgIpc) is 2.71. The fraction of sp³-hybridized carbons (Fsp3) is 0.143. The zero-order valence-electron chi connectivity index (χ0n) is 15.3. The van der Waals surface area contributed by atoms with Gasteiger partial charge in [-0.2, -0.15) is 0 Å². The van der Waals surface area contributed by atoms with Crippen LogP contribution in [0.5, 0.6) is 0 Å². The first-order valence-electron chi connectivity index (χ1n) is 8.78. The highest BCUT2D eigenvalue weighted by Gasteiger charge is 2.16. The van der Waals surface area contributed by atoms with Crippen molar-refractivity contribution in [2.24, 2.45) is 0 Å². The van der Waals surface area contributed by atoms with Crippen LogP contribution < -0.4 is 4.72 Å². The van der Waals surface area contributed by atoms with E-state index in [1.54, 1.807) is 18.2 Å². The summed E-state index contributed by atoms with van der Waals surface area (Å²) in [6, 6.07) is 17.1. The third kappa shape index (κ3) is 5.46. The van der Waals surface area contributed by atoms with Crippen molar-refractivity contribution in [2.45, 2.75) is 11.3 Å². The van der Waals surface area contributed by atoms with Gasteiger partial charge in [-0.05, 0) is 35.0 Å². The van der Waals surface area contributed by atoms with Crippen LogP contribution in [0.4, 0.5) is 4.39 Å². The molecule has 8 heteroatoms. The normalized spacial score (nSPS) is 11.3. The van der Waals surface area contributed by atoms with Gasteiger partial charge in [0, 0.05) is 12.1 Å². The fourth-order valence-corrected chi connectivity index (χ4v) is 3.74. The maximum atomic E-state index is 13.1. The second-order valence-corrected chi connectivity index (χ2v) is 8.02. The van der Waals surface area contributed by atoms with Crippen LogP contribution in [0.15, 0.2) is 71.6 Å². The monoisotopic (exact) mass is 415 g/mol. The second kappa shape index (κ2) is 8.93. The topological polar surface area (TPSA) is 89.5 Å². The molecule has 0 aliphatic heterocycles. The van der Waals surface area contributed by atoms with Crippen molar-refractivity contribution in [3.05, 3.63) is 78.1 Å². The standard InChI is InChI=1S/C21H18FNO5S/c22-18-7-3-6-17(12-18)20(24)14-28-21(25)10-11-23-29(26,27)19-9-8-15-4-1-2-5-16(15)13-19/h1-9,12-13,23H,10-11,14H2. The number of nitrogens with one attached hydrogen (secondary N) is 1. The van der Waals surface area contributed by atoms with Gasteiger partial charge in [0.25, 0.3) is 0 Å². The minimum absolute atomic E-state index is 0.0887. The number of ether oxygens (including phenoxy) is 1. The Hall–Kier alpha value is -3.10. The third-order valence-corrected chi connectivity index (χ3v) is 5.62. The van der Waals surface area contributed by atoms with E-state index in [-0.39, 0.29) is 23.4 Å². The predicted octanol–water partition coefficient (Wildman–Crippen LogP) is 3.07. The number of hydrogen-bond donors (Lipinski definition) is 1. The van der Waals surface area contributed by atoms with Crippen LogP contribution in [0.3, 0.4) is 0 Å². The van der Waals surface area contributed by atoms with E-state index < -0.39 is 34.2 Å². The van der Waals surface area contributed by atoms with Crippen LogP contribution in [0.1, 0.15) is 16.8 Å². The number of Topliss-reactive ketones (excluding diaryl/α,β-unsaturated/α-hetero) is 1. The molecular formula is C21H18FNO5S. The van der Waals surface area contributed by atoms with Gasteiger partial charge in [-0.25, -0.2) is 17.5 Å². The van der Waals surface area contributed by atoms with Crippen molar-refractivity contribution in [3.8, 4) is 0 Å². The molecule has 0 aliphatic carbocycles. The molecule has 3 aromatic carbocycles. The van der Waals surface area contributed by atoms with Gasteiger partial charge in [0.2, 0.25) is 10.0 Å². The van der Waals surface area contributed by atoms with Gasteiger partial charge in [0.15, 0.2) is 12.4 Å². The summed E-state index contributed by atoms with van der Waals surface area (Å²) < 4.78 is 45.0. The smallest absolute Gasteiger partial charge is 0.307 e. The third-order valence-electron chi connectivity index (χ3n) is 4.16. The number of halogens is 1. The molecule has 6 nitrogen and oxygen atoms in total. The lowest BCUT2D eigenvalue weighted by molar-refractivity contribution is -0.142. The maximum absolute atomic E-state index is 13.1. The summed E-state index contributed by atoms with van der Waals surface area (Å²) in [5, 5.41) is 1.70. The molecule has 0 radical (unpaired) electrons. The van der Waals surface area contributed by atoms with Gasteiger partial charge in [-0.3, -0.25) is 9.59 Å². The quantitative estimate of drug-likeness (QED) is 0.451. The van der Waals surface area contributed by atoms with E-state index in [4.69, 9.17) is 4.74 Å². The molecule has 0 heterocycles. The van der Waals surface area contributed by atoms with Gasteiger partial charge in [-0.1, -0.05) is 42.5 Å². The van der Waals surface area contributed by atoms with E-state index in [0.29, 0.717) is 0 Å². The molecule has 0 aliphatic rings. The first-order valence-corrected chi connectivity index (χ1v) is 10.3. The molecule has 150 valence electrons. The van der Waals surface area contributed by atoms with Crippen LogP contribution >= 0.6 is 0 Å². The summed E-state index contributed by atoms with van der Waals surface area (Å²) in [5.74, 6) is -1.85. The Balaban J connectivity index is 1.50. The van der Waals surface area contributed by atoms with Crippen molar-refractivity contribution in [3.63, 3.8) is 0 Å². The molecule has 29 heavy (non-hydrogen) atoms. The minimum atomic E-state index is -3.79. The highest BCUT2D eigenvalue weighted by molar-refractivity contribution is 7.89. The molecule has 0 atom stereocenters. The summed E-state index contributed by atoms with van der Waals surface area (Å²) in [6.07, 6.45) is -0.247. The lowest BCUT2D eigenvalue weighted by Crippen LogP contribution is -2.27. The van der Waals surface area contributed by atoms with Gasteiger partial charge < -0.3 is 4.74 Å². The van der Waals surface area contributed by atoms with E-state index in [0.717, 1.165) is 16.8 Å². The lowest BCUT2D eigenvalue weighted by atomic mass is 10.1. The molecule has 0 saturated carbocycles. The SMILES string of the molecule is O=C(CCNS(=O)(=O)c1ccc2ccccc2c1)OCC(=O)c1cccc(F)c1.